The number of hydrogen-bond donors (Lipinski definition) is 0. The molecule has 1 aromatic carbocycles. The van der Waals surface area contributed by atoms with Crippen LogP contribution in [0.15, 0.2) is 24.3 Å². The van der Waals surface area contributed by atoms with E-state index in [1.165, 1.54) is 0 Å². The van der Waals surface area contributed by atoms with Gasteiger partial charge in [0, 0.05) is 15.7 Å². The fraction of sp³-hybridized carbons (Fsp3) is 0.529. The molecule has 0 bridgehead atoms. The van der Waals surface area contributed by atoms with E-state index in [-0.39, 0.29) is 18.0 Å². The van der Waals surface area contributed by atoms with Crippen LogP contribution in [-0.2, 0) is 9.53 Å². The van der Waals surface area contributed by atoms with Crippen LogP contribution in [0.2, 0.25) is 0 Å². The Morgan fingerprint density at radius 1 is 1.18 bits per heavy atom. The van der Waals surface area contributed by atoms with E-state index in [9.17, 15) is 9.59 Å². The molecule has 1 aliphatic rings. The second kappa shape index (κ2) is 7.44. The van der Waals surface area contributed by atoms with E-state index in [2.05, 4.69) is 36.4 Å². The van der Waals surface area contributed by atoms with E-state index in [0.717, 1.165) is 22.8 Å². The Bertz CT molecular complexity index is 533. The molecule has 120 valence electrons. The summed E-state index contributed by atoms with van der Waals surface area (Å²) >= 11 is 2.18. The standard InChI is InChI=1S/C17H22INO3/c1-11-5-4-6-12(2)19(11)16(20)13(3)22-17(21)14-7-9-15(18)10-8-14/h7-13H,4-6H2,1-3H3/t11-,12+,13-/m1/s1. The quantitative estimate of drug-likeness (QED) is 0.560. The van der Waals surface area contributed by atoms with Crippen molar-refractivity contribution in [2.75, 3.05) is 0 Å². The molecule has 0 saturated carbocycles. The number of benzene rings is 1. The van der Waals surface area contributed by atoms with Crippen LogP contribution >= 0.6 is 22.6 Å². The number of carbonyl (C=O) groups is 2. The van der Waals surface area contributed by atoms with Gasteiger partial charge in [-0.15, -0.1) is 0 Å². The predicted molar refractivity (Wildman–Crippen MR) is 93.7 cm³/mol. The molecule has 0 aromatic heterocycles. The number of piperidine rings is 1. The van der Waals surface area contributed by atoms with Crippen LogP contribution < -0.4 is 0 Å². The second-order valence-corrected chi connectivity index (χ2v) is 7.17. The fourth-order valence-corrected chi connectivity index (χ4v) is 3.29. The summed E-state index contributed by atoms with van der Waals surface area (Å²) in [4.78, 5) is 26.6. The van der Waals surface area contributed by atoms with Crippen molar-refractivity contribution in [2.45, 2.75) is 58.2 Å². The molecule has 0 N–H and O–H groups in total. The van der Waals surface area contributed by atoms with Gasteiger partial charge in [0.05, 0.1) is 5.56 Å². The Morgan fingerprint density at radius 3 is 2.27 bits per heavy atom. The molecular weight excluding hydrogens is 393 g/mol. The summed E-state index contributed by atoms with van der Waals surface area (Å²) in [5.41, 5.74) is 0.472. The summed E-state index contributed by atoms with van der Waals surface area (Å²) in [6.45, 7) is 5.77. The third kappa shape index (κ3) is 4.00. The molecule has 3 atom stereocenters. The molecule has 1 aliphatic heterocycles. The highest BCUT2D eigenvalue weighted by atomic mass is 127. The Balaban J connectivity index is 2.01. The van der Waals surface area contributed by atoms with Crippen LogP contribution in [0.25, 0.3) is 0 Å². The lowest BCUT2D eigenvalue weighted by atomic mass is 9.97. The van der Waals surface area contributed by atoms with Crippen molar-refractivity contribution in [3.63, 3.8) is 0 Å². The smallest absolute Gasteiger partial charge is 0.338 e. The van der Waals surface area contributed by atoms with Crippen LogP contribution in [0, 0.1) is 3.57 Å². The Labute approximate surface area is 145 Å². The minimum atomic E-state index is -0.755. The second-order valence-electron chi connectivity index (χ2n) is 5.93. The average molecular weight is 415 g/mol. The minimum Gasteiger partial charge on any atom is -0.449 e. The normalized spacial score (nSPS) is 23.0. The average Bonchev–Trinajstić information content (AvgIpc) is 2.47. The van der Waals surface area contributed by atoms with Gasteiger partial charge in [0.1, 0.15) is 0 Å². The van der Waals surface area contributed by atoms with Crippen LogP contribution in [0.4, 0.5) is 0 Å². The molecule has 1 fully saturated rings. The third-order valence-electron chi connectivity index (χ3n) is 4.16. The highest BCUT2D eigenvalue weighted by Crippen LogP contribution is 2.24. The van der Waals surface area contributed by atoms with Gasteiger partial charge in [0.2, 0.25) is 0 Å². The summed E-state index contributed by atoms with van der Waals surface area (Å²) in [5, 5.41) is 0. The number of rotatable bonds is 3. The van der Waals surface area contributed by atoms with Gasteiger partial charge in [-0.25, -0.2) is 4.79 Å². The summed E-state index contributed by atoms with van der Waals surface area (Å²) < 4.78 is 6.41. The number of amides is 1. The Morgan fingerprint density at radius 2 is 1.73 bits per heavy atom. The first-order valence-corrected chi connectivity index (χ1v) is 8.76. The molecule has 2 rings (SSSR count). The molecule has 0 radical (unpaired) electrons. The highest BCUT2D eigenvalue weighted by molar-refractivity contribution is 14.1. The Kier molecular flexibility index (Phi) is 5.83. The van der Waals surface area contributed by atoms with E-state index in [1.54, 1.807) is 19.1 Å². The van der Waals surface area contributed by atoms with Gasteiger partial charge in [-0.1, -0.05) is 0 Å². The molecule has 1 heterocycles. The first-order chi connectivity index (χ1) is 10.4. The van der Waals surface area contributed by atoms with Crippen LogP contribution in [0.5, 0.6) is 0 Å². The van der Waals surface area contributed by atoms with Gasteiger partial charge in [-0.2, -0.15) is 0 Å². The molecule has 0 unspecified atom stereocenters. The van der Waals surface area contributed by atoms with Gasteiger partial charge in [-0.05, 0) is 86.9 Å². The van der Waals surface area contributed by atoms with Gasteiger partial charge in [0.25, 0.3) is 5.91 Å². The van der Waals surface area contributed by atoms with E-state index in [0.29, 0.717) is 5.56 Å². The van der Waals surface area contributed by atoms with Crippen molar-refractivity contribution in [1.29, 1.82) is 0 Å². The lowest BCUT2D eigenvalue weighted by Crippen LogP contribution is -2.51. The maximum Gasteiger partial charge on any atom is 0.338 e. The first kappa shape index (κ1) is 17.2. The molecule has 0 aliphatic carbocycles. The zero-order chi connectivity index (χ0) is 16.3. The molecule has 1 saturated heterocycles. The van der Waals surface area contributed by atoms with Crippen molar-refractivity contribution in [1.82, 2.24) is 4.90 Å². The molecule has 1 aromatic rings. The largest absolute Gasteiger partial charge is 0.449 e. The van der Waals surface area contributed by atoms with Crippen molar-refractivity contribution in [3.8, 4) is 0 Å². The molecule has 22 heavy (non-hydrogen) atoms. The third-order valence-corrected chi connectivity index (χ3v) is 4.88. The van der Waals surface area contributed by atoms with Crippen molar-refractivity contribution < 1.29 is 14.3 Å². The number of likely N-dealkylation sites (tertiary alicyclic amines) is 1. The van der Waals surface area contributed by atoms with E-state index in [1.807, 2.05) is 17.0 Å². The summed E-state index contributed by atoms with van der Waals surface area (Å²) in [6, 6.07) is 7.53. The number of ether oxygens (including phenoxy) is 1. The van der Waals surface area contributed by atoms with E-state index < -0.39 is 12.1 Å². The number of hydrogen-bond acceptors (Lipinski definition) is 3. The lowest BCUT2D eigenvalue weighted by molar-refractivity contribution is -0.146. The van der Waals surface area contributed by atoms with Gasteiger partial charge in [-0.3, -0.25) is 4.79 Å². The van der Waals surface area contributed by atoms with Crippen LogP contribution in [0.1, 0.15) is 50.4 Å². The number of nitrogens with zero attached hydrogens (tertiary/aromatic N) is 1. The van der Waals surface area contributed by atoms with Crippen molar-refractivity contribution in [3.05, 3.63) is 33.4 Å². The maximum absolute atomic E-state index is 12.6. The predicted octanol–water partition coefficient (Wildman–Crippen LogP) is 3.63. The molecule has 1 amide bonds. The number of halogens is 1. The molecular formula is C17H22INO3. The lowest BCUT2D eigenvalue weighted by Gasteiger charge is -2.40. The van der Waals surface area contributed by atoms with Crippen LogP contribution in [0.3, 0.4) is 0 Å². The summed E-state index contributed by atoms with van der Waals surface area (Å²) in [6.07, 6.45) is 2.40. The highest BCUT2D eigenvalue weighted by Gasteiger charge is 2.33. The minimum absolute atomic E-state index is 0.0986. The van der Waals surface area contributed by atoms with Gasteiger partial charge in [0.15, 0.2) is 6.10 Å². The molecule has 5 heteroatoms. The SMILES string of the molecule is C[C@@H]1CCC[C@H](C)N1C(=O)[C@@H](C)OC(=O)c1ccc(I)cc1. The monoisotopic (exact) mass is 415 g/mol. The topological polar surface area (TPSA) is 46.6 Å². The zero-order valence-corrected chi connectivity index (χ0v) is 15.4. The van der Waals surface area contributed by atoms with Crippen LogP contribution in [-0.4, -0.2) is 35.0 Å². The first-order valence-electron chi connectivity index (χ1n) is 7.69. The Hall–Kier alpha value is -1.11. The fourth-order valence-electron chi connectivity index (χ4n) is 2.93. The summed E-state index contributed by atoms with van der Waals surface area (Å²) in [7, 11) is 0. The number of carbonyl (C=O) groups excluding carboxylic acids is 2. The summed E-state index contributed by atoms with van der Waals surface area (Å²) in [5.74, 6) is -0.548. The number of esters is 1. The van der Waals surface area contributed by atoms with Gasteiger partial charge < -0.3 is 9.64 Å². The van der Waals surface area contributed by atoms with Crippen molar-refractivity contribution in [2.24, 2.45) is 0 Å². The molecule has 0 spiro atoms. The van der Waals surface area contributed by atoms with Gasteiger partial charge >= 0.3 is 5.97 Å². The molecule has 4 nitrogen and oxygen atoms in total. The van der Waals surface area contributed by atoms with Crippen molar-refractivity contribution >= 4 is 34.5 Å². The maximum atomic E-state index is 12.6. The zero-order valence-electron chi connectivity index (χ0n) is 13.2. The van der Waals surface area contributed by atoms with E-state index >= 15 is 0 Å². The van der Waals surface area contributed by atoms with E-state index in [4.69, 9.17) is 4.74 Å².